The summed E-state index contributed by atoms with van der Waals surface area (Å²) in [5, 5.41) is 0. The maximum Gasteiger partial charge on any atom is 0.306 e. The first-order valence-corrected chi connectivity index (χ1v) is 35.2. The van der Waals surface area contributed by atoms with Crippen molar-refractivity contribution in [3.05, 3.63) is 97.2 Å². The van der Waals surface area contributed by atoms with Crippen molar-refractivity contribution in [3.63, 3.8) is 0 Å². The van der Waals surface area contributed by atoms with Gasteiger partial charge in [-0.05, 0) is 122 Å². The van der Waals surface area contributed by atoms with Crippen LogP contribution in [-0.2, 0) is 28.6 Å². The second-order valence-corrected chi connectivity index (χ2v) is 23.4. The van der Waals surface area contributed by atoms with Gasteiger partial charge in [0.25, 0.3) is 0 Å². The Bertz CT molecular complexity index is 1590. The minimum atomic E-state index is -0.784. The third-order valence-corrected chi connectivity index (χ3v) is 15.3. The summed E-state index contributed by atoms with van der Waals surface area (Å²) < 4.78 is 17.0. The van der Waals surface area contributed by atoms with Crippen LogP contribution in [0.15, 0.2) is 97.2 Å². The summed E-state index contributed by atoms with van der Waals surface area (Å²) in [5.41, 5.74) is 0. The van der Waals surface area contributed by atoms with Gasteiger partial charge >= 0.3 is 17.9 Å². The average molecular weight is 1140 g/mol. The molecule has 472 valence electrons. The molecule has 1 atom stereocenters. The van der Waals surface area contributed by atoms with Gasteiger partial charge < -0.3 is 14.2 Å². The van der Waals surface area contributed by atoms with E-state index >= 15 is 0 Å². The molecule has 0 aliphatic heterocycles. The molecule has 0 amide bonds. The molecular formula is C76H132O6. The Morgan fingerprint density at radius 3 is 0.780 bits per heavy atom. The lowest BCUT2D eigenvalue weighted by Crippen LogP contribution is -2.30. The molecule has 0 aliphatic carbocycles. The summed E-state index contributed by atoms with van der Waals surface area (Å²) in [6.45, 7) is 6.52. The van der Waals surface area contributed by atoms with Crippen LogP contribution in [-0.4, -0.2) is 37.2 Å². The lowest BCUT2D eigenvalue weighted by molar-refractivity contribution is -0.167. The fraction of sp³-hybridized carbons (Fsp3) is 0.750. The first kappa shape index (κ1) is 78.3. The molecule has 82 heavy (non-hydrogen) atoms. The molecule has 0 N–H and O–H groups in total. The number of hydrogen-bond donors (Lipinski definition) is 0. The van der Waals surface area contributed by atoms with Crippen LogP contribution in [0.1, 0.15) is 348 Å². The molecule has 0 saturated carbocycles. The van der Waals surface area contributed by atoms with Gasteiger partial charge in [-0.3, -0.25) is 14.4 Å². The Morgan fingerprint density at radius 2 is 0.476 bits per heavy atom. The molecule has 0 heterocycles. The van der Waals surface area contributed by atoms with Gasteiger partial charge in [0.05, 0.1) is 0 Å². The standard InChI is InChI=1S/C76H132O6/c1-4-7-10-13-16-19-22-25-27-29-31-33-35-37-38-40-41-43-45-47-49-51-54-57-60-63-66-69-75(78)81-72-73(71-80-74(77)68-65-62-59-56-53-24-21-18-15-12-9-6-3)82-76(79)70-67-64-61-58-55-52-50-48-46-44-42-39-36-34-32-30-28-26-23-20-17-14-11-8-5-2/h8,11,17-18,20-22,25-26,28-29,31-32,34-35,37,73H,4-7,9-10,12-16,19,23-24,27,30,33,36,38-72H2,1-3H3/b11-8-,20-17-,21-18-,25-22-,28-26-,31-29-,34-32-,37-35-. The fourth-order valence-electron chi connectivity index (χ4n) is 10.0. The van der Waals surface area contributed by atoms with Crippen molar-refractivity contribution in [3.8, 4) is 0 Å². The number of unbranched alkanes of at least 4 members (excludes halogenated alkanes) is 37. The molecule has 6 heteroatoms. The van der Waals surface area contributed by atoms with Crippen molar-refractivity contribution < 1.29 is 28.6 Å². The zero-order chi connectivity index (χ0) is 59.2. The number of hydrogen-bond acceptors (Lipinski definition) is 6. The smallest absolute Gasteiger partial charge is 0.306 e. The number of esters is 3. The second-order valence-electron chi connectivity index (χ2n) is 23.4. The van der Waals surface area contributed by atoms with Crippen LogP contribution in [0.5, 0.6) is 0 Å². The summed E-state index contributed by atoms with van der Waals surface area (Å²) in [6, 6.07) is 0. The van der Waals surface area contributed by atoms with Crippen molar-refractivity contribution in [1.82, 2.24) is 0 Å². The summed E-state index contributed by atoms with van der Waals surface area (Å²) in [6.07, 6.45) is 94.3. The minimum Gasteiger partial charge on any atom is -0.462 e. The average Bonchev–Trinajstić information content (AvgIpc) is 3.47. The third-order valence-electron chi connectivity index (χ3n) is 15.3. The van der Waals surface area contributed by atoms with E-state index in [0.717, 1.165) is 103 Å². The number of carbonyl (C=O) groups excluding carboxylic acids is 3. The predicted molar refractivity (Wildman–Crippen MR) is 357 cm³/mol. The molecule has 1 unspecified atom stereocenters. The Labute approximate surface area is 508 Å². The van der Waals surface area contributed by atoms with Gasteiger partial charge in [-0.15, -0.1) is 0 Å². The van der Waals surface area contributed by atoms with Crippen LogP contribution in [0.4, 0.5) is 0 Å². The number of ether oxygens (including phenoxy) is 3. The highest BCUT2D eigenvalue weighted by molar-refractivity contribution is 5.71. The molecule has 0 rings (SSSR count). The van der Waals surface area contributed by atoms with Crippen LogP contribution in [0.25, 0.3) is 0 Å². The van der Waals surface area contributed by atoms with Crippen LogP contribution in [0.3, 0.4) is 0 Å². The van der Waals surface area contributed by atoms with Gasteiger partial charge in [-0.1, -0.05) is 304 Å². The summed E-state index contributed by atoms with van der Waals surface area (Å²) in [5.74, 6) is -0.878. The molecule has 0 bridgehead atoms. The van der Waals surface area contributed by atoms with Gasteiger partial charge in [0.1, 0.15) is 13.2 Å². The Morgan fingerprint density at radius 1 is 0.256 bits per heavy atom. The van der Waals surface area contributed by atoms with E-state index in [1.807, 2.05) is 0 Å². The second kappa shape index (κ2) is 69.8. The first-order valence-electron chi connectivity index (χ1n) is 35.2. The van der Waals surface area contributed by atoms with Crippen molar-refractivity contribution >= 4 is 17.9 Å². The molecule has 0 radical (unpaired) electrons. The van der Waals surface area contributed by atoms with E-state index in [4.69, 9.17) is 14.2 Å². The van der Waals surface area contributed by atoms with Crippen LogP contribution in [0.2, 0.25) is 0 Å². The summed E-state index contributed by atoms with van der Waals surface area (Å²) in [7, 11) is 0. The predicted octanol–water partition coefficient (Wildman–Crippen LogP) is 24.4. The maximum atomic E-state index is 13.0. The molecular weight excluding hydrogens is 1010 g/mol. The number of allylic oxidation sites excluding steroid dienone is 16. The van der Waals surface area contributed by atoms with Crippen molar-refractivity contribution in [2.45, 2.75) is 354 Å². The molecule has 0 aromatic carbocycles. The molecule has 0 spiro atoms. The van der Waals surface area contributed by atoms with E-state index in [0.29, 0.717) is 19.3 Å². The SMILES string of the molecule is CC/C=C\C/C=C\C/C=C\C/C=C\CCCCCCCCCCCCCCC(=O)OC(COC(=O)CCCCCCC/C=C\CCCCC)COC(=O)CCCCCCCCCCCCCC/C=C\C/C=C\C/C=C\CCCCCCC. The zero-order valence-corrected chi connectivity index (χ0v) is 54.2. The number of rotatable bonds is 64. The lowest BCUT2D eigenvalue weighted by atomic mass is 10.0. The monoisotopic (exact) mass is 1140 g/mol. The van der Waals surface area contributed by atoms with E-state index in [-0.39, 0.29) is 31.1 Å². The van der Waals surface area contributed by atoms with Crippen LogP contribution in [0, 0.1) is 0 Å². The lowest BCUT2D eigenvalue weighted by Gasteiger charge is -2.18. The number of carbonyl (C=O) groups is 3. The summed E-state index contributed by atoms with van der Waals surface area (Å²) in [4.78, 5) is 38.4. The fourth-order valence-corrected chi connectivity index (χ4v) is 10.0. The third kappa shape index (κ3) is 67.1. The summed E-state index contributed by atoms with van der Waals surface area (Å²) >= 11 is 0. The largest absolute Gasteiger partial charge is 0.462 e. The van der Waals surface area contributed by atoms with Gasteiger partial charge in [0.15, 0.2) is 6.10 Å². The van der Waals surface area contributed by atoms with Crippen molar-refractivity contribution in [1.29, 1.82) is 0 Å². The Hall–Kier alpha value is -3.67. The van der Waals surface area contributed by atoms with Gasteiger partial charge in [0.2, 0.25) is 0 Å². The normalized spacial score (nSPS) is 12.7. The van der Waals surface area contributed by atoms with E-state index in [1.165, 1.54) is 205 Å². The molecule has 0 aromatic heterocycles. The van der Waals surface area contributed by atoms with Crippen LogP contribution >= 0.6 is 0 Å². The van der Waals surface area contributed by atoms with Crippen molar-refractivity contribution in [2.75, 3.05) is 13.2 Å². The molecule has 0 fully saturated rings. The quantitative estimate of drug-likeness (QED) is 0.0261. The van der Waals surface area contributed by atoms with Gasteiger partial charge in [0, 0.05) is 19.3 Å². The molecule has 0 aliphatic rings. The first-order chi connectivity index (χ1) is 40.5. The van der Waals surface area contributed by atoms with E-state index in [1.54, 1.807) is 0 Å². The molecule has 0 saturated heterocycles. The van der Waals surface area contributed by atoms with E-state index in [9.17, 15) is 14.4 Å². The van der Waals surface area contributed by atoms with Crippen LogP contribution < -0.4 is 0 Å². The topological polar surface area (TPSA) is 78.9 Å². The highest BCUT2D eigenvalue weighted by Crippen LogP contribution is 2.17. The zero-order valence-electron chi connectivity index (χ0n) is 54.2. The van der Waals surface area contributed by atoms with Gasteiger partial charge in [-0.2, -0.15) is 0 Å². The molecule has 6 nitrogen and oxygen atoms in total. The maximum absolute atomic E-state index is 13.0. The van der Waals surface area contributed by atoms with E-state index in [2.05, 4.69) is 118 Å². The Balaban J connectivity index is 4.26. The Kier molecular flexibility index (Phi) is 66.7. The van der Waals surface area contributed by atoms with Gasteiger partial charge in [-0.25, -0.2) is 0 Å². The highest BCUT2D eigenvalue weighted by Gasteiger charge is 2.19. The van der Waals surface area contributed by atoms with E-state index < -0.39 is 6.10 Å². The highest BCUT2D eigenvalue weighted by atomic mass is 16.6. The minimum absolute atomic E-state index is 0.0797. The molecule has 0 aromatic rings. The van der Waals surface area contributed by atoms with Crippen molar-refractivity contribution in [2.24, 2.45) is 0 Å².